The first kappa shape index (κ1) is 31.5. The number of Topliss-reactive ketones (excluding diaryl/α,β-unsaturated/α-hetero) is 2. The van der Waals surface area contributed by atoms with E-state index in [-0.39, 0.29) is 17.5 Å². The number of halogens is 9. The zero-order valence-electron chi connectivity index (χ0n) is 21.9. The quantitative estimate of drug-likeness (QED) is 0.133. The Kier molecular flexibility index (Phi) is 8.84. The van der Waals surface area contributed by atoms with Crippen molar-refractivity contribution in [3.05, 3.63) is 142 Å². The van der Waals surface area contributed by atoms with Gasteiger partial charge in [-0.1, -0.05) is 60.7 Å². The zero-order chi connectivity index (χ0) is 31.6. The van der Waals surface area contributed by atoms with Gasteiger partial charge in [-0.05, 0) is 59.5 Å². The maximum atomic E-state index is 15.0. The van der Waals surface area contributed by atoms with Crippen molar-refractivity contribution in [2.45, 2.75) is 36.8 Å². The molecule has 2 nitrogen and oxygen atoms in total. The van der Waals surface area contributed by atoms with Gasteiger partial charge in [-0.15, -0.1) is 0 Å². The van der Waals surface area contributed by atoms with Gasteiger partial charge < -0.3 is 0 Å². The molecule has 4 aromatic carbocycles. The number of carbonyl (C=O) groups excluding carboxylic acids is 2. The summed E-state index contributed by atoms with van der Waals surface area (Å²) in [5, 5.41) is 0. The van der Waals surface area contributed by atoms with E-state index in [1.165, 1.54) is 24.3 Å². The Morgan fingerprint density at radius 2 is 1.28 bits per heavy atom. The lowest BCUT2D eigenvalue weighted by Gasteiger charge is -2.36. The highest BCUT2D eigenvalue weighted by atomic mass is 19.4. The van der Waals surface area contributed by atoms with E-state index in [4.69, 9.17) is 0 Å². The third-order valence-corrected chi connectivity index (χ3v) is 7.02. The smallest absolute Gasteiger partial charge is 0.294 e. The second kappa shape index (κ2) is 12.1. The molecule has 4 rings (SSSR count). The van der Waals surface area contributed by atoms with Crippen molar-refractivity contribution in [2.24, 2.45) is 0 Å². The summed E-state index contributed by atoms with van der Waals surface area (Å²) in [6, 6.07) is 19.5. The third-order valence-electron chi connectivity index (χ3n) is 7.02. The standard InChI is InChI=1S/C32H21F9O2/c33-24-14-21(28(43)31(37,38)29(35)36)13-23(16-24)30(22-9-5-2-6-10-22,17-19-7-3-1-4-8-19)18-27(42)20-11-12-26(34)25(15-20)32(39,40)41/h1-16,29H,17-18H2/t30-/m1/s1. The fourth-order valence-corrected chi connectivity index (χ4v) is 4.92. The Bertz CT molecular complexity index is 1620. The molecule has 0 N–H and O–H groups in total. The Labute approximate surface area is 239 Å². The predicted octanol–water partition coefficient (Wildman–Crippen LogP) is 8.87. The maximum Gasteiger partial charge on any atom is 0.419 e. The van der Waals surface area contributed by atoms with Crippen LogP contribution in [0.2, 0.25) is 0 Å². The molecule has 0 radical (unpaired) electrons. The van der Waals surface area contributed by atoms with Crippen LogP contribution in [0, 0.1) is 11.6 Å². The Morgan fingerprint density at radius 3 is 1.86 bits per heavy atom. The van der Waals surface area contributed by atoms with Gasteiger partial charge in [0.15, 0.2) is 5.78 Å². The molecule has 0 aliphatic rings. The van der Waals surface area contributed by atoms with E-state index in [1.54, 1.807) is 36.4 Å². The average Bonchev–Trinajstić information content (AvgIpc) is 2.96. The van der Waals surface area contributed by atoms with Gasteiger partial charge in [0, 0.05) is 23.0 Å². The molecule has 4 aromatic rings. The molecular formula is C32H21F9O2. The molecule has 0 aliphatic heterocycles. The lowest BCUT2D eigenvalue weighted by molar-refractivity contribution is -0.140. The van der Waals surface area contributed by atoms with Crippen molar-refractivity contribution >= 4 is 11.6 Å². The monoisotopic (exact) mass is 608 g/mol. The molecule has 0 aliphatic carbocycles. The summed E-state index contributed by atoms with van der Waals surface area (Å²) in [5.41, 5.74) is -4.52. The summed E-state index contributed by atoms with van der Waals surface area (Å²) in [4.78, 5) is 26.1. The molecule has 0 fully saturated rings. The molecular weight excluding hydrogens is 587 g/mol. The minimum absolute atomic E-state index is 0.167. The first-order valence-electron chi connectivity index (χ1n) is 12.7. The Morgan fingerprint density at radius 1 is 0.674 bits per heavy atom. The summed E-state index contributed by atoms with van der Waals surface area (Å²) in [7, 11) is 0. The minimum atomic E-state index is -5.15. The number of hydrogen-bond donors (Lipinski definition) is 0. The number of alkyl halides is 7. The Balaban J connectivity index is 1.97. The van der Waals surface area contributed by atoms with E-state index < -0.39 is 70.3 Å². The van der Waals surface area contributed by atoms with Crippen LogP contribution in [-0.2, 0) is 18.0 Å². The molecule has 0 saturated carbocycles. The fraction of sp³-hybridized carbons (Fsp3) is 0.188. The largest absolute Gasteiger partial charge is 0.419 e. The maximum absolute atomic E-state index is 15.0. The van der Waals surface area contributed by atoms with Crippen LogP contribution in [0.25, 0.3) is 0 Å². The molecule has 43 heavy (non-hydrogen) atoms. The van der Waals surface area contributed by atoms with Gasteiger partial charge in [0.1, 0.15) is 11.6 Å². The van der Waals surface area contributed by atoms with Crippen LogP contribution in [0.15, 0.2) is 97.1 Å². The molecule has 11 heteroatoms. The van der Waals surface area contributed by atoms with Gasteiger partial charge in [0.05, 0.1) is 5.56 Å². The number of rotatable bonds is 10. The van der Waals surface area contributed by atoms with Crippen LogP contribution in [0.1, 0.15) is 49.4 Å². The summed E-state index contributed by atoms with van der Waals surface area (Å²) in [5.74, 6) is -11.3. The van der Waals surface area contributed by atoms with E-state index >= 15 is 4.39 Å². The molecule has 0 bridgehead atoms. The second-order valence-electron chi connectivity index (χ2n) is 9.88. The topological polar surface area (TPSA) is 34.1 Å². The van der Waals surface area contributed by atoms with E-state index in [0.717, 1.165) is 18.2 Å². The highest BCUT2D eigenvalue weighted by Gasteiger charge is 2.49. The van der Waals surface area contributed by atoms with Crippen LogP contribution in [0.4, 0.5) is 39.5 Å². The van der Waals surface area contributed by atoms with Crippen molar-refractivity contribution in [2.75, 3.05) is 0 Å². The second-order valence-corrected chi connectivity index (χ2v) is 9.88. The molecule has 0 unspecified atom stereocenters. The van der Waals surface area contributed by atoms with Crippen LogP contribution in [0.3, 0.4) is 0 Å². The number of ketones is 2. The van der Waals surface area contributed by atoms with Crippen molar-refractivity contribution in [1.29, 1.82) is 0 Å². The molecule has 0 amide bonds. The lowest BCUT2D eigenvalue weighted by atomic mass is 9.66. The highest BCUT2D eigenvalue weighted by Crippen LogP contribution is 2.42. The molecule has 0 heterocycles. The SMILES string of the molecule is O=C(C[C@](Cc1ccccc1)(c1ccccc1)c1cc(F)cc(C(=O)C(F)(F)C(F)F)c1)c1ccc(F)c(C(F)(F)F)c1. The fourth-order valence-electron chi connectivity index (χ4n) is 4.92. The van der Waals surface area contributed by atoms with Gasteiger partial charge in [-0.25, -0.2) is 17.6 Å². The van der Waals surface area contributed by atoms with E-state index in [2.05, 4.69) is 0 Å². The van der Waals surface area contributed by atoms with Gasteiger partial charge in [-0.2, -0.15) is 22.0 Å². The van der Waals surface area contributed by atoms with Crippen LogP contribution in [0.5, 0.6) is 0 Å². The molecule has 0 spiro atoms. The number of benzene rings is 4. The third kappa shape index (κ3) is 6.65. The van der Waals surface area contributed by atoms with Crippen molar-refractivity contribution in [3.8, 4) is 0 Å². The summed E-state index contributed by atoms with van der Waals surface area (Å²) < 4.78 is 123. The number of carbonyl (C=O) groups is 2. The molecule has 1 atom stereocenters. The van der Waals surface area contributed by atoms with Crippen LogP contribution < -0.4 is 0 Å². The van der Waals surface area contributed by atoms with E-state index in [9.17, 15) is 44.7 Å². The molecule has 0 aromatic heterocycles. The van der Waals surface area contributed by atoms with Gasteiger partial charge in [-0.3, -0.25) is 9.59 Å². The van der Waals surface area contributed by atoms with Gasteiger partial charge in [0.2, 0.25) is 5.78 Å². The zero-order valence-corrected chi connectivity index (χ0v) is 21.9. The van der Waals surface area contributed by atoms with Gasteiger partial charge in [0.25, 0.3) is 0 Å². The summed E-state index contributed by atoms with van der Waals surface area (Å²) in [6.07, 6.45) is -10.4. The number of hydrogen-bond acceptors (Lipinski definition) is 2. The van der Waals surface area contributed by atoms with Crippen LogP contribution >= 0.6 is 0 Å². The minimum Gasteiger partial charge on any atom is -0.294 e. The van der Waals surface area contributed by atoms with Gasteiger partial charge >= 0.3 is 18.5 Å². The van der Waals surface area contributed by atoms with Crippen molar-refractivity contribution < 1.29 is 49.1 Å². The summed E-state index contributed by atoms with van der Waals surface area (Å²) in [6.45, 7) is 0. The lowest BCUT2D eigenvalue weighted by Crippen LogP contribution is -2.37. The predicted molar refractivity (Wildman–Crippen MR) is 139 cm³/mol. The first-order chi connectivity index (χ1) is 20.1. The van der Waals surface area contributed by atoms with Crippen molar-refractivity contribution in [1.82, 2.24) is 0 Å². The van der Waals surface area contributed by atoms with Crippen molar-refractivity contribution in [3.63, 3.8) is 0 Å². The highest BCUT2D eigenvalue weighted by molar-refractivity contribution is 6.02. The normalized spacial score (nSPS) is 13.5. The Hall–Kier alpha value is -4.41. The van der Waals surface area contributed by atoms with E-state index in [1.807, 2.05) is 0 Å². The average molecular weight is 609 g/mol. The molecule has 0 saturated heterocycles. The summed E-state index contributed by atoms with van der Waals surface area (Å²) >= 11 is 0. The first-order valence-corrected chi connectivity index (χ1v) is 12.7. The van der Waals surface area contributed by atoms with Crippen LogP contribution in [-0.4, -0.2) is 23.9 Å². The molecule has 224 valence electrons. The van der Waals surface area contributed by atoms with E-state index in [0.29, 0.717) is 23.8 Å².